The van der Waals surface area contributed by atoms with Crippen LogP contribution in [0.2, 0.25) is 0 Å². The van der Waals surface area contributed by atoms with Gasteiger partial charge in [-0.25, -0.2) is 4.39 Å². The van der Waals surface area contributed by atoms with Gasteiger partial charge in [0.05, 0.1) is 6.61 Å². The Labute approximate surface area is 162 Å². The third kappa shape index (κ3) is 3.74. The minimum atomic E-state index is -0.349. The Morgan fingerprint density at radius 1 is 1.15 bits per heavy atom. The second kappa shape index (κ2) is 7.39. The molecule has 5 heteroatoms. The van der Waals surface area contributed by atoms with Crippen LogP contribution < -0.4 is 10.3 Å². The fourth-order valence-corrected chi connectivity index (χ4v) is 3.83. The minimum Gasteiger partial charge on any atom is -0.493 e. The Kier molecular flexibility index (Phi) is 4.96. The molecule has 1 fully saturated rings. The monoisotopic (exact) mass is 383 g/mol. The normalized spacial score (nSPS) is 13.9. The van der Waals surface area contributed by atoms with E-state index in [1.807, 2.05) is 6.07 Å². The summed E-state index contributed by atoms with van der Waals surface area (Å²) in [6.45, 7) is 0.701. The standard InChI is InChI=1S/C22H22FNO2S/c1-24-11-20(18-10-16(23)6-7-17(18)22(24)25)19-9-15(13-27-2)5-8-21(19)26-12-14-3-4-14/h5-11,14H,3-4,12-13H2,1-2H3. The van der Waals surface area contributed by atoms with Gasteiger partial charge in [0.25, 0.3) is 5.56 Å². The number of nitrogens with zero attached hydrogens (tertiary/aromatic N) is 1. The van der Waals surface area contributed by atoms with Crippen LogP contribution in [0.5, 0.6) is 5.75 Å². The SMILES string of the molecule is CSCc1ccc(OCC2CC2)c(-c2cn(C)c(=O)c3ccc(F)cc23)c1. The van der Waals surface area contributed by atoms with E-state index in [-0.39, 0.29) is 11.4 Å². The molecule has 3 nitrogen and oxygen atoms in total. The number of fused-ring (bicyclic) bond motifs is 1. The Morgan fingerprint density at radius 3 is 2.70 bits per heavy atom. The van der Waals surface area contributed by atoms with E-state index in [1.165, 1.54) is 30.5 Å². The van der Waals surface area contributed by atoms with Crippen LogP contribution in [0.4, 0.5) is 4.39 Å². The minimum absolute atomic E-state index is 0.130. The molecule has 1 aromatic heterocycles. The van der Waals surface area contributed by atoms with Gasteiger partial charge in [-0.3, -0.25) is 4.79 Å². The fraction of sp³-hybridized carbons (Fsp3) is 0.318. The number of halogens is 1. The van der Waals surface area contributed by atoms with Crippen molar-refractivity contribution in [3.8, 4) is 16.9 Å². The molecule has 140 valence electrons. The Hall–Kier alpha value is -2.27. The number of thioether (sulfide) groups is 1. The van der Waals surface area contributed by atoms with Gasteiger partial charge >= 0.3 is 0 Å². The van der Waals surface area contributed by atoms with Crippen molar-refractivity contribution in [1.82, 2.24) is 4.57 Å². The number of aromatic nitrogens is 1. The van der Waals surface area contributed by atoms with Crippen LogP contribution in [-0.4, -0.2) is 17.4 Å². The first kappa shape index (κ1) is 18.1. The van der Waals surface area contributed by atoms with E-state index in [0.29, 0.717) is 23.3 Å². The number of pyridine rings is 1. The third-order valence-electron chi connectivity index (χ3n) is 4.96. The Balaban J connectivity index is 1.92. The molecular formula is C22H22FNO2S. The van der Waals surface area contributed by atoms with E-state index >= 15 is 0 Å². The first-order chi connectivity index (χ1) is 13.1. The highest BCUT2D eigenvalue weighted by atomic mass is 32.2. The quantitative estimate of drug-likeness (QED) is 0.600. The topological polar surface area (TPSA) is 31.2 Å². The molecule has 27 heavy (non-hydrogen) atoms. The lowest BCUT2D eigenvalue weighted by Gasteiger charge is -2.16. The first-order valence-corrected chi connectivity index (χ1v) is 10.5. The van der Waals surface area contributed by atoms with Gasteiger partial charge in [-0.05, 0) is 66.3 Å². The summed E-state index contributed by atoms with van der Waals surface area (Å²) in [5, 5.41) is 1.13. The Bertz CT molecular complexity index is 1060. The third-order valence-corrected chi connectivity index (χ3v) is 5.58. The van der Waals surface area contributed by atoms with Gasteiger partial charge < -0.3 is 9.30 Å². The van der Waals surface area contributed by atoms with Crippen LogP contribution in [-0.2, 0) is 12.8 Å². The van der Waals surface area contributed by atoms with Crippen LogP contribution in [0.1, 0.15) is 18.4 Å². The molecule has 0 bridgehead atoms. The highest BCUT2D eigenvalue weighted by molar-refractivity contribution is 7.97. The molecule has 4 rings (SSSR count). The van der Waals surface area contributed by atoms with E-state index in [1.54, 1.807) is 35.6 Å². The molecule has 1 heterocycles. The van der Waals surface area contributed by atoms with Crippen LogP contribution in [0.15, 0.2) is 47.4 Å². The van der Waals surface area contributed by atoms with E-state index in [0.717, 1.165) is 22.6 Å². The zero-order valence-corrected chi connectivity index (χ0v) is 16.3. The van der Waals surface area contributed by atoms with Gasteiger partial charge in [0.15, 0.2) is 0 Å². The molecule has 0 aliphatic heterocycles. The first-order valence-electron chi connectivity index (χ1n) is 9.10. The molecule has 0 radical (unpaired) electrons. The summed E-state index contributed by atoms with van der Waals surface area (Å²) >= 11 is 1.75. The fourth-order valence-electron chi connectivity index (χ4n) is 3.31. The van der Waals surface area contributed by atoms with E-state index in [2.05, 4.69) is 18.4 Å². The maximum atomic E-state index is 14.0. The molecule has 1 saturated carbocycles. The lowest BCUT2D eigenvalue weighted by molar-refractivity contribution is 0.301. The molecule has 1 aliphatic rings. The summed E-state index contributed by atoms with van der Waals surface area (Å²) in [5.74, 6) is 1.96. The van der Waals surface area contributed by atoms with Crippen LogP contribution in [0, 0.1) is 11.7 Å². The molecule has 3 aromatic rings. The van der Waals surface area contributed by atoms with Gasteiger partial charge in [0.1, 0.15) is 11.6 Å². The molecule has 0 spiro atoms. The number of ether oxygens (including phenoxy) is 1. The lowest BCUT2D eigenvalue weighted by atomic mass is 9.98. The summed E-state index contributed by atoms with van der Waals surface area (Å²) in [5.41, 5.74) is 2.78. The molecule has 2 aromatic carbocycles. The summed E-state index contributed by atoms with van der Waals surface area (Å²) in [6, 6.07) is 10.5. The summed E-state index contributed by atoms with van der Waals surface area (Å²) in [6.07, 6.45) is 6.28. The van der Waals surface area contributed by atoms with Crippen molar-refractivity contribution in [2.75, 3.05) is 12.9 Å². The molecule has 0 amide bonds. The lowest BCUT2D eigenvalue weighted by Crippen LogP contribution is -2.16. The maximum absolute atomic E-state index is 14.0. The summed E-state index contributed by atoms with van der Waals surface area (Å²) in [4.78, 5) is 12.5. The number of hydrogen-bond acceptors (Lipinski definition) is 3. The van der Waals surface area contributed by atoms with Crippen molar-refractivity contribution in [2.45, 2.75) is 18.6 Å². The molecule has 1 aliphatic carbocycles. The predicted molar refractivity (Wildman–Crippen MR) is 110 cm³/mol. The van der Waals surface area contributed by atoms with E-state index < -0.39 is 0 Å². The number of aryl methyl sites for hydroxylation is 1. The van der Waals surface area contributed by atoms with Crippen LogP contribution >= 0.6 is 11.8 Å². The average Bonchev–Trinajstić information content (AvgIpc) is 3.48. The second-order valence-electron chi connectivity index (χ2n) is 7.17. The Morgan fingerprint density at radius 2 is 1.96 bits per heavy atom. The number of benzene rings is 2. The molecule has 0 unspecified atom stereocenters. The highest BCUT2D eigenvalue weighted by Gasteiger charge is 2.23. The van der Waals surface area contributed by atoms with Gasteiger partial charge in [-0.2, -0.15) is 11.8 Å². The number of rotatable bonds is 6. The van der Waals surface area contributed by atoms with Crippen molar-refractivity contribution >= 4 is 22.5 Å². The van der Waals surface area contributed by atoms with Gasteiger partial charge in [0.2, 0.25) is 0 Å². The predicted octanol–water partition coefficient (Wildman–Crippen LogP) is 5.00. The van der Waals surface area contributed by atoms with Gasteiger partial charge in [-0.1, -0.05) is 6.07 Å². The van der Waals surface area contributed by atoms with E-state index in [9.17, 15) is 9.18 Å². The zero-order chi connectivity index (χ0) is 19.0. The molecule has 0 atom stereocenters. The number of hydrogen-bond donors (Lipinski definition) is 0. The second-order valence-corrected chi connectivity index (χ2v) is 8.03. The van der Waals surface area contributed by atoms with Crippen molar-refractivity contribution < 1.29 is 9.13 Å². The zero-order valence-electron chi connectivity index (χ0n) is 15.5. The van der Waals surface area contributed by atoms with E-state index in [4.69, 9.17) is 4.74 Å². The maximum Gasteiger partial charge on any atom is 0.258 e. The van der Waals surface area contributed by atoms with Crippen LogP contribution in [0.25, 0.3) is 21.9 Å². The van der Waals surface area contributed by atoms with Crippen molar-refractivity contribution in [2.24, 2.45) is 13.0 Å². The average molecular weight is 383 g/mol. The van der Waals surface area contributed by atoms with Crippen molar-refractivity contribution in [3.63, 3.8) is 0 Å². The highest BCUT2D eigenvalue weighted by Crippen LogP contribution is 2.37. The summed E-state index contributed by atoms with van der Waals surface area (Å²) < 4.78 is 21.7. The molecule has 0 N–H and O–H groups in total. The largest absolute Gasteiger partial charge is 0.493 e. The van der Waals surface area contributed by atoms with Gasteiger partial charge in [-0.15, -0.1) is 0 Å². The smallest absolute Gasteiger partial charge is 0.258 e. The van der Waals surface area contributed by atoms with Gasteiger partial charge in [0, 0.05) is 35.5 Å². The molecular weight excluding hydrogens is 361 g/mol. The van der Waals surface area contributed by atoms with Crippen molar-refractivity contribution in [1.29, 1.82) is 0 Å². The summed E-state index contributed by atoms with van der Waals surface area (Å²) in [7, 11) is 1.73. The van der Waals surface area contributed by atoms with Crippen molar-refractivity contribution in [3.05, 3.63) is 64.3 Å². The van der Waals surface area contributed by atoms with Crippen LogP contribution in [0.3, 0.4) is 0 Å². The molecule has 0 saturated heterocycles.